The van der Waals surface area contributed by atoms with Crippen molar-refractivity contribution in [1.29, 1.82) is 0 Å². The Morgan fingerprint density at radius 2 is 1.81 bits per heavy atom. The molecule has 0 bridgehead atoms. The first-order valence-electron chi connectivity index (χ1n) is 8.42. The van der Waals surface area contributed by atoms with Gasteiger partial charge in [0, 0.05) is 19.1 Å². The minimum atomic E-state index is -0.637. The van der Waals surface area contributed by atoms with Crippen molar-refractivity contribution in [3.63, 3.8) is 0 Å². The number of methoxy groups -OCH3 is 1. The molecule has 0 spiro atoms. The third-order valence-electron chi connectivity index (χ3n) is 3.98. The van der Waals surface area contributed by atoms with E-state index in [0.717, 1.165) is 32.4 Å². The van der Waals surface area contributed by atoms with Gasteiger partial charge in [0.05, 0.1) is 7.11 Å². The van der Waals surface area contributed by atoms with Gasteiger partial charge in [-0.3, -0.25) is 9.69 Å². The molecule has 0 rings (SSSR count). The van der Waals surface area contributed by atoms with E-state index in [9.17, 15) is 4.79 Å². The highest BCUT2D eigenvalue weighted by Crippen LogP contribution is 2.17. The lowest BCUT2D eigenvalue weighted by atomic mass is 9.98. The summed E-state index contributed by atoms with van der Waals surface area (Å²) in [5.41, 5.74) is -0.637. The fourth-order valence-corrected chi connectivity index (χ4v) is 2.84. The summed E-state index contributed by atoms with van der Waals surface area (Å²) in [5, 5.41) is 3.39. The first-order chi connectivity index (χ1) is 9.84. The molecular weight excluding hydrogens is 264 g/mol. The van der Waals surface area contributed by atoms with Crippen LogP contribution in [-0.2, 0) is 9.53 Å². The third-order valence-corrected chi connectivity index (χ3v) is 3.98. The van der Waals surface area contributed by atoms with E-state index in [0.29, 0.717) is 18.5 Å². The Hall–Kier alpha value is -0.610. The molecule has 0 aliphatic heterocycles. The van der Waals surface area contributed by atoms with E-state index in [1.54, 1.807) is 0 Å². The lowest BCUT2D eigenvalue weighted by Gasteiger charge is -2.39. The Bertz CT molecular complexity index is 291. The van der Waals surface area contributed by atoms with Crippen molar-refractivity contribution in [1.82, 2.24) is 10.2 Å². The zero-order valence-electron chi connectivity index (χ0n) is 15.2. The van der Waals surface area contributed by atoms with Crippen LogP contribution in [0.2, 0.25) is 0 Å². The molecule has 4 heteroatoms. The van der Waals surface area contributed by atoms with Crippen LogP contribution in [0.15, 0.2) is 0 Å². The van der Waals surface area contributed by atoms with Gasteiger partial charge in [-0.1, -0.05) is 34.6 Å². The molecule has 0 aromatic carbocycles. The van der Waals surface area contributed by atoms with Crippen molar-refractivity contribution in [3.05, 3.63) is 0 Å². The van der Waals surface area contributed by atoms with E-state index in [1.807, 2.05) is 6.92 Å². The standard InChI is InChI=1S/C17H36N2O2/c1-8-11-18-17(6,16(20)21-7)13-19(12-14(4)5)15(9-2)10-3/h14-15,18H,8-13H2,1-7H3. The number of esters is 1. The van der Waals surface area contributed by atoms with Crippen LogP contribution in [0.5, 0.6) is 0 Å². The van der Waals surface area contributed by atoms with Crippen molar-refractivity contribution < 1.29 is 9.53 Å². The molecule has 0 fully saturated rings. The van der Waals surface area contributed by atoms with Crippen molar-refractivity contribution in [3.8, 4) is 0 Å². The van der Waals surface area contributed by atoms with Crippen LogP contribution in [0.1, 0.15) is 60.8 Å². The minimum Gasteiger partial charge on any atom is -0.468 e. The lowest BCUT2D eigenvalue weighted by Crippen LogP contribution is -2.59. The molecule has 0 amide bonds. The van der Waals surface area contributed by atoms with Gasteiger partial charge in [-0.2, -0.15) is 0 Å². The predicted octanol–water partition coefficient (Wildman–Crippen LogP) is 3.06. The van der Waals surface area contributed by atoms with Gasteiger partial charge in [-0.15, -0.1) is 0 Å². The number of hydrogen-bond donors (Lipinski definition) is 1. The van der Waals surface area contributed by atoms with Crippen molar-refractivity contribution in [2.75, 3.05) is 26.7 Å². The topological polar surface area (TPSA) is 41.6 Å². The highest BCUT2D eigenvalue weighted by molar-refractivity contribution is 5.80. The normalized spacial score (nSPS) is 14.8. The molecule has 0 heterocycles. The zero-order chi connectivity index (χ0) is 16.5. The first-order valence-corrected chi connectivity index (χ1v) is 8.42. The molecule has 126 valence electrons. The molecule has 1 atom stereocenters. The van der Waals surface area contributed by atoms with Crippen LogP contribution in [0, 0.1) is 5.92 Å². The Morgan fingerprint density at radius 3 is 2.19 bits per heavy atom. The number of hydrogen-bond acceptors (Lipinski definition) is 4. The molecule has 0 aromatic heterocycles. The van der Waals surface area contributed by atoms with Crippen molar-refractivity contribution in [2.45, 2.75) is 72.4 Å². The van der Waals surface area contributed by atoms with Gasteiger partial charge in [0.25, 0.3) is 0 Å². The molecule has 0 saturated heterocycles. The number of ether oxygens (including phenoxy) is 1. The molecule has 1 unspecified atom stereocenters. The lowest BCUT2D eigenvalue weighted by molar-refractivity contribution is -0.149. The van der Waals surface area contributed by atoms with E-state index in [-0.39, 0.29) is 5.97 Å². The maximum absolute atomic E-state index is 12.2. The number of nitrogens with one attached hydrogen (secondary N) is 1. The summed E-state index contributed by atoms with van der Waals surface area (Å²) in [5.74, 6) is 0.411. The van der Waals surface area contributed by atoms with Crippen LogP contribution in [-0.4, -0.2) is 49.2 Å². The van der Waals surface area contributed by atoms with Gasteiger partial charge in [-0.05, 0) is 38.6 Å². The largest absolute Gasteiger partial charge is 0.468 e. The SMILES string of the molecule is CCCNC(C)(CN(CC(C)C)C(CC)CC)C(=O)OC. The molecular formula is C17H36N2O2. The van der Waals surface area contributed by atoms with E-state index >= 15 is 0 Å². The quantitative estimate of drug-likeness (QED) is 0.595. The van der Waals surface area contributed by atoms with Gasteiger partial charge in [-0.25, -0.2) is 0 Å². The molecule has 4 nitrogen and oxygen atoms in total. The fourth-order valence-electron chi connectivity index (χ4n) is 2.84. The summed E-state index contributed by atoms with van der Waals surface area (Å²) >= 11 is 0. The van der Waals surface area contributed by atoms with E-state index in [1.165, 1.54) is 7.11 Å². The minimum absolute atomic E-state index is 0.171. The highest BCUT2D eigenvalue weighted by atomic mass is 16.5. The summed E-state index contributed by atoms with van der Waals surface area (Å²) in [4.78, 5) is 14.7. The maximum atomic E-state index is 12.2. The number of carbonyl (C=O) groups excluding carboxylic acids is 1. The second-order valence-corrected chi connectivity index (χ2v) is 6.54. The van der Waals surface area contributed by atoms with Crippen LogP contribution >= 0.6 is 0 Å². The zero-order valence-corrected chi connectivity index (χ0v) is 15.2. The summed E-state index contributed by atoms with van der Waals surface area (Å²) in [6, 6.07) is 0.514. The highest BCUT2D eigenvalue weighted by Gasteiger charge is 2.37. The molecule has 1 N–H and O–H groups in total. The molecule has 0 aliphatic carbocycles. The maximum Gasteiger partial charge on any atom is 0.327 e. The van der Waals surface area contributed by atoms with Gasteiger partial charge < -0.3 is 10.1 Å². The molecule has 0 aliphatic rings. The number of carbonyl (C=O) groups is 1. The van der Waals surface area contributed by atoms with Gasteiger partial charge in [0.2, 0.25) is 0 Å². The van der Waals surface area contributed by atoms with Crippen molar-refractivity contribution >= 4 is 5.97 Å². The first kappa shape index (κ1) is 20.4. The summed E-state index contributed by atoms with van der Waals surface area (Å²) < 4.78 is 5.04. The van der Waals surface area contributed by atoms with E-state index in [4.69, 9.17) is 4.74 Å². The molecule has 0 radical (unpaired) electrons. The van der Waals surface area contributed by atoms with Crippen LogP contribution < -0.4 is 5.32 Å². The van der Waals surface area contributed by atoms with Crippen LogP contribution in [0.25, 0.3) is 0 Å². The Kier molecular flexibility index (Phi) is 9.88. The van der Waals surface area contributed by atoms with E-state index in [2.05, 4.69) is 44.8 Å². The predicted molar refractivity (Wildman–Crippen MR) is 89.5 cm³/mol. The molecule has 0 saturated carbocycles. The Labute approximate surface area is 131 Å². The summed E-state index contributed by atoms with van der Waals surface area (Å²) in [6.45, 7) is 15.5. The van der Waals surface area contributed by atoms with Gasteiger partial charge in [0.1, 0.15) is 5.54 Å². The second kappa shape index (κ2) is 10.2. The van der Waals surface area contributed by atoms with Gasteiger partial charge in [0.15, 0.2) is 0 Å². The third kappa shape index (κ3) is 6.79. The molecule has 21 heavy (non-hydrogen) atoms. The van der Waals surface area contributed by atoms with E-state index < -0.39 is 5.54 Å². The Balaban J connectivity index is 5.13. The van der Waals surface area contributed by atoms with Gasteiger partial charge >= 0.3 is 5.97 Å². The average Bonchev–Trinajstić information content (AvgIpc) is 2.44. The summed E-state index contributed by atoms with van der Waals surface area (Å²) in [6.07, 6.45) is 3.21. The fraction of sp³-hybridized carbons (Fsp3) is 0.941. The Morgan fingerprint density at radius 1 is 1.24 bits per heavy atom. The van der Waals surface area contributed by atoms with Crippen molar-refractivity contribution in [2.24, 2.45) is 5.92 Å². The summed E-state index contributed by atoms with van der Waals surface area (Å²) in [7, 11) is 1.47. The smallest absolute Gasteiger partial charge is 0.327 e. The number of rotatable bonds is 11. The second-order valence-electron chi connectivity index (χ2n) is 6.54. The van der Waals surface area contributed by atoms with Crippen LogP contribution in [0.4, 0.5) is 0 Å². The number of nitrogens with zero attached hydrogens (tertiary/aromatic N) is 1. The monoisotopic (exact) mass is 300 g/mol. The average molecular weight is 300 g/mol. The molecule has 0 aromatic rings. The van der Waals surface area contributed by atoms with Crippen LogP contribution in [0.3, 0.4) is 0 Å².